The van der Waals surface area contributed by atoms with Gasteiger partial charge in [-0.25, -0.2) is 9.18 Å². The quantitative estimate of drug-likeness (QED) is 0.837. The molecular weight excluding hydrogens is 213 g/mol. The Balaban J connectivity index is 2.30. The van der Waals surface area contributed by atoms with Crippen LogP contribution in [0.4, 0.5) is 9.18 Å². The van der Waals surface area contributed by atoms with Gasteiger partial charge < -0.3 is 14.8 Å². The van der Waals surface area contributed by atoms with Crippen molar-refractivity contribution in [2.24, 2.45) is 0 Å². The van der Waals surface area contributed by atoms with E-state index >= 15 is 0 Å². The van der Waals surface area contributed by atoms with Gasteiger partial charge in [-0.1, -0.05) is 0 Å². The van der Waals surface area contributed by atoms with Gasteiger partial charge in [-0.05, 0) is 18.2 Å². The van der Waals surface area contributed by atoms with E-state index in [9.17, 15) is 9.18 Å². The highest BCUT2D eigenvalue weighted by Gasteiger charge is 2.23. The minimum absolute atomic E-state index is 0.258. The van der Waals surface area contributed by atoms with Crippen molar-refractivity contribution in [1.82, 2.24) is 5.32 Å². The lowest BCUT2D eigenvalue weighted by molar-refractivity contribution is 0.115. The van der Waals surface area contributed by atoms with Crippen molar-refractivity contribution in [3.63, 3.8) is 0 Å². The molecule has 2 rings (SSSR count). The van der Waals surface area contributed by atoms with E-state index in [0.29, 0.717) is 24.3 Å². The normalized spacial score (nSPS) is 19.9. The highest BCUT2D eigenvalue weighted by molar-refractivity contribution is 5.69. The molecule has 0 aliphatic carbocycles. The SMILES string of the molecule is COc1ccc(F)cc1[C@@H]1CCOC(=O)N1. The molecule has 0 radical (unpaired) electrons. The summed E-state index contributed by atoms with van der Waals surface area (Å²) in [4.78, 5) is 11.1. The average molecular weight is 225 g/mol. The van der Waals surface area contributed by atoms with Crippen LogP contribution in [0.3, 0.4) is 0 Å². The van der Waals surface area contributed by atoms with Gasteiger partial charge in [-0.15, -0.1) is 0 Å². The fourth-order valence-electron chi connectivity index (χ4n) is 1.74. The van der Waals surface area contributed by atoms with Gasteiger partial charge in [0.1, 0.15) is 11.6 Å². The van der Waals surface area contributed by atoms with Crippen LogP contribution in [0.15, 0.2) is 18.2 Å². The van der Waals surface area contributed by atoms with Crippen LogP contribution in [0.5, 0.6) is 5.75 Å². The average Bonchev–Trinajstić information content (AvgIpc) is 2.29. The van der Waals surface area contributed by atoms with Gasteiger partial charge in [0.15, 0.2) is 0 Å². The summed E-state index contributed by atoms with van der Waals surface area (Å²) in [6, 6.07) is 3.98. The van der Waals surface area contributed by atoms with Crippen molar-refractivity contribution >= 4 is 6.09 Å². The van der Waals surface area contributed by atoms with Gasteiger partial charge in [0.05, 0.1) is 19.8 Å². The van der Waals surface area contributed by atoms with E-state index in [1.165, 1.54) is 19.2 Å². The van der Waals surface area contributed by atoms with Crippen LogP contribution in [0.2, 0.25) is 0 Å². The maximum Gasteiger partial charge on any atom is 0.407 e. The molecule has 4 nitrogen and oxygen atoms in total. The molecule has 1 fully saturated rings. The monoisotopic (exact) mass is 225 g/mol. The third-order valence-electron chi connectivity index (χ3n) is 2.50. The zero-order chi connectivity index (χ0) is 11.5. The van der Waals surface area contributed by atoms with E-state index in [2.05, 4.69) is 5.32 Å². The van der Waals surface area contributed by atoms with E-state index in [0.717, 1.165) is 0 Å². The van der Waals surface area contributed by atoms with Gasteiger partial charge in [0, 0.05) is 12.0 Å². The van der Waals surface area contributed by atoms with Crippen molar-refractivity contribution in [2.45, 2.75) is 12.5 Å². The highest BCUT2D eigenvalue weighted by atomic mass is 19.1. The molecule has 0 unspecified atom stereocenters. The van der Waals surface area contributed by atoms with Gasteiger partial charge in [-0.3, -0.25) is 0 Å². The van der Waals surface area contributed by atoms with Crippen molar-refractivity contribution in [2.75, 3.05) is 13.7 Å². The zero-order valence-electron chi connectivity index (χ0n) is 8.83. The van der Waals surface area contributed by atoms with Crippen LogP contribution in [-0.4, -0.2) is 19.8 Å². The lowest BCUT2D eigenvalue weighted by Gasteiger charge is -2.25. The number of benzene rings is 1. The molecule has 0 bridgehead atoms. The summed E-state index contributed by atoms with van der Waals surface area (Å²) < 4.78 is 23.0. The Hall–Kier alpha value is -1.78. The summed E-state index contributed by atoms with van der Waals surface area (Å²) in [5.41, 5.74) is 0.638. The number of methoxy groups -OCH3 is 1. The second-order valence-corrected chi connectivity index (χ2v) is 3.51. The molecule has 1 saturated heterocycles. The first-order valence-electron chi connectivity index (χ1n) is 4.97. The molecule has 86 valence electrons. The molecule has 1 heterocycles. The van der Waals surface area contributed by atoms with Crippen molar-refractivity contribution in [3.8, 4) is 5.75 Å². The van der Waals surface area contributed by atoms with E-state index in [1.54, 1.807) is 6.07 Å². The number of ether oxygens (including phenoxy) is 2. The molecule has 5 heteroatoms. The molecule has 0 aromatic heterocycles. The van der Waals surface area contributed by atoms with Gasteiger partial charge >= 0.3 is 6.09 Å². The fraction of sp³-hybridized carbons (Fsp3) is 0.364. The Kier molecular flexibility index (Phi) is 2.94. The Morgan fingerprint density at radius 2 is 2.38 bits per heavy atom. The molecule has 1 aromatic rings. The Bertz CT molecular complexity index is 408. The predicted molar refractivity (Wildman–Crippen MR) is 54.8 cm³/mol. The van der Waals surface area contributed by atoms with Crippen molar-refractivity contribution < 1.29 is 18.7 Å². The number of halogens is 1. The van der Waals surface area contributed by atoms with Crippen LogP contribution < -0.4 is 10.1 Å². The summed E-state index contributed by atoms with van der Waals surface area (Å²) in [6.45, 7) is 0.330. The first-order chi connectivity index (χ1) is 7.70. The smallest absolute Gasteiger partial charge is 0.407 e. The van der Waals surface area contributed by atoms with Gasteiger partial charge in [0.2, 0.25) is 0 Å². The van der Waals surface area contributed by atoms with Crippen LogP contribution in [-0.2, 0) is 4.74 Å². The summed E-state index contributed by atoms with van der Waals surface area (Å²) in [7, 11) is 1.51. The lowest BCUT2D eigenvalue weighted by Crippen LogP contribution is -2.35. The van der Waals surface area contributed by atoms with E-state index in [4.69, 9.17) is 9.47 Å². The first kappa shape index (κ1) is 10.7. The number of alkyl carbamates (subject to hydrolysis) is 1. The maximum atomic E-state index is 13.1. The molecule has 0 saturated carbocycles. The molecule has 1 aliphatic heterocycles. The molecular formula is C11H12FNO3. The number of hydrogen-bond donors (Lipinski definition) is 1. The largest absolute Gasteiger partial charge is 0.496 e. The third-order valence-corrected chi connectivity index (χ3v) is 2.50. The highest BCUT2D eigenvalue weighted by Crippen LogP contribution is 2.29. The number of carbonyl (C=O) groups excluding carboxylic acids is 1. The molecule has 16 heavy (non-hydrogen) atoms. The minimum atomic E-state index is -0.484. The van der Waals surface area contributed by atoms with Crippen LogP contribution in [0.25, 0.3) is 0 Å². The predicted octanol–water partition coefficient (Wildman–Crippen LogP) is 2.01. The van der Waals surface area contributed by atoms with E-state index in [1.807, 2.05) is 0 Å². The number of cyclic esters (lactones) is 1. The first-order valence-corrected chi connectivity index (χ1v) is 4.97. The number of rotatable bonds is 2. The summed E-state index contributed by atoms with van der Waals surface area (Å²) >= 11 is 0. The van der Waals surface area contributed by atoms with Gasteiger partial charge in [-0.2, -0.15) is 0 Å². The third kappa shape index (κ3) is 2.08. The standard InChI is InChI=1S/C11H12FNO3/c1-15-10-3-2-7(12)6-8(10)9-4-5-16-11(14)13-9/h2-3,6,9H,4-5H2,1H3,(H,13,14)/t9-/m0/s1. The van der Waals surface area contributed by atoms with Crippen LogP contribution >= 0.6 is 0 Å². The number of hydrogen-bond acceptors (Lipinski definition) is 3. The second-order valence-electron chi connectivity index (χ2n) is 3.51. The topological polar surface area (TPSA) is 47.6 Å². The van der Waals surface area contributed by atoms with Gasteiger partial charge in [0.25, 0.3) is 0 Å². The molecule has 0 spiro atoms. The molecule has 1 N–H and O–H groups in total. The second kappa shape index (κ2) is 4.38. The van der Waals surface area contributed by atoms with Crippen LogP contribution in [0, 0.1) is 5.82 Å². The fourth-order valence-corrected chi connectivity index (χ4v) is 1.74. The van der Waals surface area contributed by atoms with Crippen LogP contribution in [0.1, 0.15) is 18.0 Å². The Labute approximate surface area is 92.4 Å². The molecule has 1 amide bonds. The molecule has 1 aliphatic rings. The summed E-state index contributed by atoms with van der Waals surface area (Å²) in [5.74, 6) is 0.213. The van der Waals surface area contributed by atoms with Crippen molar-refractivity contribution in [1.29, 1.82) is 0 Å². The summed E-state index contributed by atoms with van der Waals surface area (Å²) in [5, 5.41) is 2.63. The number of nitrogens with one attached hydrogen (secondary N) is 1. The lowest BCUT2D eigenvalue weighted by atomic mass is 10.0. The Morgan fingerprint density at radius 3 is 3.06 bits per heavy atom. The maximum absolute atomic E-state index is 13.1. The molecule has 1 atom stereocenters. The van der Waals surface area contributed by atoms with Crippen molar-refractivity contribution in [3.05, 3.63) is 29.6 Å². The Morgan fingerprint density at radius 1 is 1.56 bits per heavy atom. The summed E-state index contributed by atoms with van der Waals surface area (Å²) in [6.07, 6.45) is 0.119. The van der Waals surface area contributed by atoms with E-state index < -0.39 is 6.09 Å². The number of carbonyl (C=O) groups is 1. The molecule has 1 aromatic carbocycles. The minimum Gasteiger partial charge on any atom is -0.496 e. The van der Waals surface area contributed by atoms with E-state index in [-0.39, 0.29) is 11.9 Å². The number of amides is 1. The zero-order valence-corrected chi connectivity index (χ0v) is 8.83.